The van der Waals surface area contributed by atoms with E-state index in [4.69, 9.17) is 22.1 Å². The summed E-state index contributed by atoms with van der Waals surface area (Å²) < 4.78 is 5.32. The maximum atomic E-state index is 13.9. The molecular weight excluding hydrogens is 520 g/mol. The standard InChI is InChI=1S/C29H37ClN4O5/c1-7-19-12-10-13-20(17-19)25(26(36)33-24-18(3)11-9-14-21(24)30)34(8-2)27(37)22(15-16-23(31)35)32-28(38)39-29(4,5)6/h7,9-14,17,22,25H,1,8,15-16H2,2-6H3,(H2,31,35)(H,32,38)(H,33,36). The van der Waals surface area contributed by atoms with Crippen LogP contribution in [0.15, 0.2) is 49.0 Å². The Labute approximate surface area is 234 Å². The van der Waals surface area contributed by atoms with E-state index in [1.54, 1.807) is 64.1 Å². The molecule has 2 aromatic rings. The van der Waals surface area contributed by atoms with E-state index in [1.807, 2.05) is 19.1 Å². The normalized spacial score (nSPS) is 12.6. The van der Waals surface area contributed by atoms with Crippen molar-refractivity contribution in [2.45, 2.75) is 65.1 Å². The van der Waals surface area contributed by atoms with Gasteiger partial charge in [0.1, 0.15) is 17.7 Å². The van der Waals surface area contributed by atoms with E-state index < -0.39 is 41.5 Å². The highest BCUT2D eigenvalue weighted by molar-refractivity contribution is 6.34. The average molecular weight is 557 g/mol. The number of nitrogens with two attached hydrogens (primary N) is 1. The third-order valence-electron chi connectivity index (χ3n) is 5.78. The minimum atomic E-state index is -1.17. The third-order valence-corrected chi connectivity index (χ3v) is 6.10. The molecule has 2 aromatic carbocycles. The quantitative estimate of drug-likeness (QED) is 0.359. The van der Waals surface area contributed by atoms with Crippen LogP contribution in [0, 0.1) is 6.92 Å². The number of para-hydroxylation sites is 1. The number of benzene rings is 2. The SMILES string of the molecule is C=Cc1cccc(C(C(=O)Nc2c(C)cccc2Cl)N(CC)C(=O)C(CCC(N)=O)NC(=O)OC(C)(C)C)c1. The second-order valence-electron chi connectivity index (χ2n) is 10.0. The Morgan fingerprint density at radius 2 is 1.82 bits per heavy atom. The number of ether oxygens (including phenoxy) is 1. The number of halogens is 1. The fourth-order valence-electron chi connectivity index (χ4n) is 3.97. The lowest BCUT2D eigenvalue weighted by Crippen LogP contribution is -2.52. The van der Waals surface area contributed by atoms with Gasteiger partial charge in [-0.05, 0) is 69.9 Å². The van der Waals surface area contributed by atoms with Crippen LogP contribution >= 0.6 is 11.6 Å². The number of likely N-dealkylation sites (N-methyl/N-ethyl adjacent to an activating group) is 1. The molecule has 0 spiro atoms. The van der Waals surface area contributed by atoms with Crippen molar-refractivity contribution in [1.29, 1.82) is 0 Å². The molecule has 0 fully saturated rings. The summed E-state index contributed by atoms with van der Waals surface area (Å²) in [6, 6.07) is 10.0. The molecule has 2 rings (SSSR count). The van der Waals surface area contributed by atoms with Crippen molar-refractivity contribution in [3.05, 3.63) is 70.8 Å². The Kier molecular flexibility index (Phi) is 11.1. The molecule has 0 heterocycles. The number of nitrogens with one attached hydrogen (secondary N) is 2. The van der Waals surface area contributed by atoms with Crippen molar-refractivity contribution in [2.75, 3.05) is 11.9 Å². The number of amides is 4. The Morgan fingerprint density at radius 3 is 2.38 bits per heavy atom. The van der Waals surface area contributed by atoms with Crippen LogP contribution in [0.25, 0.3) is 6.08 Å². The number of anilines is 1. The minimum Gasteiger partial charge on any atom is -0.444 e. The van der Waals surface area contributed by atoms with E-state index in [-0.39, 0.29) is 19.4 Å². The zero-order valence-electron chi connectivity index (χ0n) is 23.0. The van der Waals surface area contributed by atoms with Crippen molar-refractivity contribution in [1.82, 2.24) is 10.2 Å². The summed E-state index contributed by atoms with van der Waals surface area (Å²) in [6.07, 6.45) is 0.566. The maximum Gasteiger partial charge on any atom is 0.408 e. The second kappa shape index (κ2) is 13.8. The van der Waals surface area contributed by atoms with Gasteiger partial charge in [-0.3, -0.25) is 14.4 Å². The zero-order chi connectivity index (χ0) is 29.3. The topological polar surface area (TPSA) is 131 Å². The van der Waals surface area contributed by atoms with Crippen molar-refractivity contribution < 1.29 is 23.9 Å². The highest BCUT2D eigenvalue weighted by atomic mass is 35.5. The molecule has 0 aromatic heterocycles. The smallest absolute Gasteiger partial charge is 0.408 e. The molecule has 0 saturated carbocycles. The summed E-state index contributed by atoms with van der Waals surface area (Å²) in [4.78, 5) is 53.2. The van der Waals surface area contributed by atoms with Gasteiger partial charge in [0.2, 0.25) is 11.8 Å². The molecule has 2 unspecified atom stereocenters. The van der Waals surface area contributed by atoms with Gasteiger partial charge >= 0.3 is 6.09 Å². The number of rotatable bonds is 11. The lowest BCUT2D eigenvalue weighted by atomic mass is 9.99. The molecule has 0 bridgehead atoms. The van der Waals surface area contributed by atoms with Crippen molar-refractivity contribution in [2.24, 2.45) is 5.73 Å². The minimum absolute atomic E-state index is 0.0748. The molecule has 9 nitrogen and oxygen atoms in total. The molecule has 4 N–H and O–H groups in total. The summed E-state index contributed by atoms with van der Waals surface area (Å²) in [5, 5.41) is 5.77. The van der Waals surface area contributed by atoms with E-state index >= 15 is 0 Å². The Bertz CT molecular complexity index is 1200. The van der Waals surface area contributed by atoms with Crippen LogP contribution in [0.3, 0.4) is 0 Å². The van der Waals surface area contributed by atoms with Gasteiger partial charge in [0.15, 0.2) is 0 Å². The van der Waals surface area contributed by atoms with E-state index in [9.17, 15) is 19.2 Å². The van der Waals surface area contributed by atoms with Gasteiger partial charge in [-0.1, -0.05) is 54.6 Å². The van der Waals surface area contributed by atoms with Gasteiger partial charge in [0, 0.05) is 13.0 Å². The van der Waals surface area contributed by atoms with Crippen LogP contribution in [0.4, 0.5) is 10.5 Å². The number of alkyl carbamates (subject to hydrolysis) is 1. The first kappa shape index (κ1) is 31.4. The van der Waals surface area contributed by atoms with E-state index in [2.05, 4.69) is 17.2 Å². The van der Waals surface area contributed by atoms with Crippen LogP contribution < -0.4 is 16.4 Å². The van der Waals surface area contributed by atoms with Crippen LogP contribution in [-0.4, -0.2) is 46.9 Å². The van der Waals surface area contributed by atoms with Gasteiger partial charge in [-0.2, -0.15) is 0 Å². The first-order chi connectivity index (χ1) is 18.3. The molecule has 0 aliphatic rings. The summed E-state index contributed by atoms with van der Waals surface area (Å²) in [5.41, 5.74) is 6.96. The Morgan fingerprint density at radius 1 is 1.15 bits per heavy atom. The predicted molar refractivity (Wildman–Crippen MR) is 153 cm³/mol. The summed E-state index contributed by atoms with van der Waals surface area (Å²) >= 11 is 6.37. The van der Waals surface area contributed by atoms with Gasteiger partial charge in [0.05, 0.1) is 10.7 Å². The summed E-state index contributed by atoms with van der Waals surface area (Å²) in [5.74, 6) is -1.72. The number of primary amides is 1. The highest BCUT2D eigenvalue weighted by Gasteiger charge is 2.36. The van der Waals surface area contributed by atoms with Crippen LogP contribution in [-0.2, 0) is 19.1 Å². The summed E-state index contributed by atoms with van der Waals surface area (Å²) in [7, 11) is 0. The number of aryl methyl sites for hydroxylation is 1. The molecule has 0 aliphatic heterocycles. The fraction of sp³-hybridized carbons (Fsp3) is 0.379. The van der Waals surface area contributed by atoms with Crippen molar-refractivity contribution in [3.8, 4) is 0 Å². The lowest BCUT2D eigenvalue weighted by Gasteiger charge is -2.34. The van der Waals surface area contributed by atoms with E-state index in [1.165, 1.54) is 4.90 Å². The molecule has 2 atom stereocenters. The first-order valence-electron chi connectivity index (χ1n) is 12.6. The molecule has 0 saturated heterocycles. The van der Waals surface area contributed by atoms with Gasteiger partial charge in [-0.15, -0.1) is 0 Å². The zero-order valence-corrected chi connectivity index (χ0v) is 23.8. The monoisotopic (exact) mass is 556 g/mol. The van der Waals surface area contributed by atoms with Crippen molar-refractivity contribution >= 4 is 47.2 Å². The fourth-order valence-corrected chi connectivity index (χ4v) is 4.24. The average Bonchev–Trinajstić information content (AvgIpc) is 2.85. The molecule has 10 heteroatoms. The van der Waals surface area contributed by atoms with Gasteiger partial charge in [-0.25, -0.2) is 4.79 Å². The molecule has 0 aliphatic carbocycles. The summed E-state index contributed by atoms with van der Waals surface area (Å²) in [6.45, 7) is 12.5. The Hall–Kier alpha value is -3.85. The third kappa shape index (κ3) is 9.14. The second-order valence-corrected chi connectivity index (χ2v) is 10.4. The van der Waals surface area contributed by atoms with Crippen LogP contribution in [0.2, 0.25) is 5.02 Å². The van der Waals surface area contributed by atoms with Gasteiger partial charge in [0.25, 0.3) is 5.91 Å². The molecular formula is C29H37ClN4O5. The van der Waals surface area contributed by atoms with Crippen molar-refractivity contribution in [3.63, 3.8) is 0 Å². The number of nitrogens with zero attached hydrogens (tertiary/aromatic N) is 1. The first-order valence-corrected chi connectivity index (χ1v) is 13.0. The predicted octanol–water partition coefficient (Wildman–Crippen LogP) is 4.98. The molecule has 4 amide bonds. The van der Waals surface area contributed by atoms with E-state index in [0.717, 1.165) is 11.1 Å². The number of hydrogen-bond acceptors (Lipinski definition) is 5. The molecule has 39 heavy (non-hydrogen) atoms. The van der Waals surface area contributed by atoms with E-state index in [0.29, 0.717) is 16.3 Å². The van der Waals surface area contributed by atoms with Crippen LogP contribution in [0.1, 0.15) is 63.3 Å². The maximum absolute atomic E-state index is 13.9. The highest BCUT2D eigenvalue weighted by Crippen LogP contribution is 2.30. The lowest BCUT2D eigenvalue weighted by molar-refractivity contribution is -0.140. The van der Waals surface area contributed by atoms with Crippen LogP contribution in [0.5, 0.6) is 0 Å². The number of hydrogen-bond donors (Lipinski definition) is 3. The molecule has 0 radical (unpaired) electrons. The largest absolute Gasteiger partial charge is 0.444 e. The number of carbonyl (C=O) groups is 4. The van der Waals surface area contributed by atoms with Gasteiger partial charge < -0.3 is 26.0 Å². The Balaban J connectivity index is 2.54. The molecule has 210 valence electrons. The number of carbonyl (C=O) groups excluding carboxylic acids is 4.